The Balaban J connectivity index is 1.37. The molecule has 3 atom stereocenters. The Labute approximate surface area is 210 Å². The number of fused-ring (bicyclic) bond motifs is 2. The van der Waals surface area contributed by atoms with E-state index in [2.05, 4.69) is 25.6 Å². The van der Waals surface area contributed by atoms with Crippen LogP contribution in [0.4, 0.5) is 10.2 Å². The molecule has 36 heavy (non-hydrogen) atoms. The average molecular weight is 513 g/mol. The minimum atomic E-state index is -1.46. The Morgan fingerprint density at radius 3 is 2.94 bits per heavy atom. The van der Waals surface area contributed by atoms with E-state index in [1.807, 2.05) is 12.1 Å². The van der Waals surface area contributed by atoms with Gasteiger partial charge in [-0.25, -0.2) is 14.4 Å². The second-order valence-corrected chi connectivity index (χ2v) is 10.0. The maximum Gasteiger partial charge on any atom is 0.235 e. The lowest BCUT2D eigenvalue weighted by Crippen LogP contribution is -2.41. The first-order valence-corrected chi connectivity index (χ1v) is 12.4. The molecule has 2 aliphatic rings. The van der Waals surface area contributed by atoms with Crippen LogP contribution >= 0.6 is 11.8 Å². The number of nitrogens with zero attached hydrogens (tertiary/aromatic N) is 3. The van der Waals surface area contributed by atoms with Gasteiger partial charge in [0.05, 0.1) is 52.2 Å². The molecule has 2 amide bonds. The number of anilines is 1. The molecule has 10 nitrogen and oxygen atoms in total. The van der Waals surface area contributed by atoms with E-state index in [-0.39, 0.29) is 41.6 Å². The molecule has 3 aromatic heterocycles. The number of aliphatic hydroxyl groups excluding tert-OH is 1. The molecule has 188 valence electrons. The number of nitrogens with two attached hydrogens (primary N) is 1. The number of carbonyl (C=O) groups is 2. The van der Waals surface area contributed by atoms with Gasteiger partial charge in [-0.15, -0.1) is 11.8 Å². The minimum absolute atomic E-state index is 0.0324. The smallest absolute Gasteiger partial charge is 0.235 e. The lowest BCUT2D eigenvalue weighted by molar-refractivity contribution is -0.123. The molecule has 1 aliphatic carbocycles. The van der Waals surface area contributed by atoms with Crippen molar-refractivity contribution in [1.29, 1.82) is 0 Å². The molecule has 3 aromatic rings. The quantitative estimate of drug-likeness (QED) is 0.369. The molecular weight excluding hydrogens is 487 g/mol. The molecule has 5 rings (SSSR count). The largest absolute Gasteiger partial charge is 0.481 e. The molecule has 0 aromatic carbocycles. The maximum absolute atomic E-state index is 15.2. The van der Waals surface area contributed by atoms with Crippen LogP contribution in [0.15, 0.2) is 35.4 Å². The summed E-state index contributed by atoms with van der Waals surface area (Å²) in [6.07, 6.45) is 0.248. The summed E-state index contributed by atoms with van der Waals surface area (Å²) in [5, 5.41) is 16.9. The second-order valence-electron chi connectivity index (χ2n) is 9.00. The van der Waals surface area contributed by atoms with Crippen LogP contribution < -0.4 is 21.1 Å². The number of nitrogens with one attached hydrogen (secondary N) is 2. The lowest BCUT2D eigenvalue weighted by atomic mass is 9.76. The topological polar surface area (TPSA) is 152 Å². The summed E-state index contributed by atoms with van der Waals surface area (Å²) in [4.78, 5) is 38.3. The average Bonchev–Trinajstić information content (AvgIpc) is 3.20. The third kappa shape index (κ3) is 4.36. The van der Waals surface area contributed by atoms with Crippen LogP contribution in [0.1, 0.15) is 24.1 Å². The number of ether oxygens (including phenoxy) is 1. The van der Waals surface area contributed by atoms with Crippen LogP contribution in [0.25, 0.3) is 11.0 Å². The number of thioether (sulfide) groups is 1. The fourth-order valence-electron chi connectivity index (χ4n) is 5.01. The number of aliphatic hydroxyl groups is 1. The van der Waals surface area contributed by atoms with Gasteiger partial charge < -0.3 is 26.2 Å². The van der Waals surface area contributed by atoms with Crippen LogP contribution in [-0.2, 0) is 21.5 Å². The van der Waals surface area contributed by atoms with Gasteiger partial charge in [-0.2, -0.15) is 0 Å². The van der Waals surface area contributed by atoms with E-state index < -0.39 is 23.2 Å². The lowest BCUT2D eigenvalue weighted by Gasteiger charge is -2.27. The number of aromatic nitrogens is 3. The molecule has 1 saturated carbocycles. The standard InChI is InChI=1S/C24H25FN6O4S/c1-35-19-5-3-15-21(31-19)20(14(25)10-28-15)24(23(26)34)6-12(16(32)7-24)8-27-9-13-2-4-17-22(29-13)30-18(33)11-36-17/h2-5,10,12,16,27,32H,6-9,11H2,1H3,(H2,26,34)(H,29,30,33). The van der Waals surface area contributed by atoms with Crippen molar-refractivity contribution in [3.8, 4) is 5.88 Å². The SMILES string of the molecule is COc1ccc2ncc(F)c(C3(C(N)=O)CC(O)C(CNCc4ccc5c(n4)NC(=O)CS5)C3)c2n1. The monoisotopic (exact) mass is 512 g/mol. The van der Waals surface area contributed by atoms with Crippen molar-refractivity contribution >= 4 is 40.4 Å². The summed E-state index contributed by atoms with van der Waals surface area (Å²) < 4.78 is 20.4. The highest BCUT2D eigenvalue weighted by atomic mass is 32.2. The third-order valence-corrected chi connectivity index (χ3v) is 7.80. The fraction of sp³-hybridized carbons (Fsp3) is 0.375. The highest BCUT2D eigenvalue weighted by Gasteiger charge is 2.52. The number of pyridine rings is 3. The van der Waals surface area contributed by atoms with E-state index in [0.717, 1.165) is 11.1 Å². The third-order valence-electron chi connectivity index (χ3n) is 6.76. The molecule has 5 N–H and O–H groups in total. The summed E-state index contributed by atoms with van der Waals surface area (Å²) in [5.74, 6) is -0.760. The molecule has 3 unspecified atom stereocenters. The summed E-state index contributed by atoms with van der Waals surface area (Å²) in [6.45, 7) is 0.726. The number of halogens is 1. The zero-order valence-corrected chi connectivity index (χ0v) is 20.3. The van der Waals surface area contributed by atoms with E-state index in [1.54, 1.807) is 12.1 Å². The minimum Gasteiger partial charge on any atom is -0.481 e. The van der Waals surface area contributed by atoms with Gasteiger partial charge in [0.15, 0.2) is 0 Å². The van der Waals surface area contributed by atoms with Gasteiger partial charge in [-0.05, 0) is 37.0 Å². The molecule has 1 aliphatic heterocycles. The fourth-order valence-corrected chi connectivity index (χ4v) is 5.77. The van der Waals surface area contributed by atoms with E-state index in [0.29, 0.717) is 35.9 Å². The van der Waals surface area contributed by atoms with Gasteiger partial charge in [-0.3, -0.25) is 14.6 Å². The van der Waals surface area contributed by atoms with E-state index in [1.165, 1.54) is 18.9 Å². The Morgan fingerprint density at radius 2 is 2.17 bits per heavy atom. The Bertz CT molecular complexity index is 1360. The van der Waals surface area contributed by atoms with Crippen molar-refractivity contribution in [2.75, 3.05) is 24.7 Å². The van der Waals surface area contributed by atoms with Gasteiger partial charge in [0.2, 0.25) is 17.7 Å². The maximum atomic E-state index is 15.2. The Kier molecular flexibility index (Phi) is 6.49. The summed E-state index contributed by atoms with van der Waals surface area (Å²) >= 11 is 1.43. The van der Waals surface area contributed by atoms with Crippen molar-refractivity contribution in [1.82, 2.24) is 20.3 Å². The molecule has 12 heteroatoms. The number of carbonyl (C=O) groups excluding carboxylic acids is 2. The molecule has 0 saturated heterocycles. The normalized spacial score (nSPS) is 23.4. The number of hydrogen-bond donors (Lipinski definition) is 4. The summed E-state index contributed by atoms with van der Waals surface area (Å²) in [5.41, 5.74) is 5.73. The van der Waals surface area contributed by atoms with Crippen molar-refractivity contribution in [3.05, 3.63) is 47.5 Å². The summed E-state index contributed by atoms with van der Waals surface area (Å²) in [7, 11) is 1.44. The molecule has 0 radical (unpaired) electrons. The van der Waals surface area contributed by atoms with Crippen molar-refractivity contribution < 1.29 is 23.8 Å². The zero-order valence-electron chi connectivity index (χ0n) is 19.5. The first kappa shape index (κ1) is 24.3. The highest BCUT2D eigenvalue weighted by molar-refractivity contribution is 8.00. The molecule has 0 bridgehead atoms. The predicted molar refractivity (Wildman–Crippen MR) is 131 cm³/mol. The Morgan fingerprint density at radius 1 is 1.33 bits per heavy atom. The van der Waals surface area contributed by atoms with Crippen LogP contribution in [0.5, 0.6) is 5.88 Å². The van der Waals surface area contributed by atoms with Crippen LogP contribution in [0.2, 0.25) is 0 Å². The molecular formula is C24H25FN6O4S. The number of primary amides is 1. The summed E-state index contributed by atoms with van der Waals surface area (Å²) in [6, 6.07) is 7.01. The van der Waals surface area contributed by atoms with Crippen molar-refractivity contribution in [2.45, 2.75) is 35.8 Å². The van der Waals surface area contributed by atoms with E-state index >= 15 is 4.39 Å². The number of amides is 2. The predicted octanol–water partition coefficient (Wildman–Crippen LogP) is 1.50. The zero-order chi connectivity index (χ0) is 25.4. The second kappa shape index (κ2) is 9.60. The van der Waals surface area contributed by atoms with Gasteiger partial charge in [-0.1, -0.05) is 0 Å². The van der Waals surface area contributed by atoms with Gasteiger partial charge in [0, 0.05) is 24.7 Å². The molecule has 1 fully saturated rings. The van der Waals surface area contributed by atoms with Crippen LogP contribution in [0.3, 0.4) is 0 Å². The van der Waals surface area contributed by atoms with E-state index in [9.17, 15) is 14.7 Å². The first-order chi connectivity index (χ1) is 17.3. The van der Waals surface area contributed by atoms with E-state index in [4.69, 9.17) is 10.5 Å². The van der Waals surface area contributed by atoms with Crippen molar-refractivity contribution in [2.24, 2.45) is 11.7 Å². The number of methoxy groups -OCH3 is 1. The molecule has 0 spiro atoms. The Hall–Kier alpha value is -3.35. The highest BCUT2D eigenvalue weighted by Crippen LogP contribution is 2.47. The van der Waals surface area contributed by atoms with Crippen LogP contribution in [0, 0.1) is 11.7 Å². The molecule has 4 heterocycles. The van der Waals surface area contributed by atoms with Crippen LogP contribution in [-0.4, -0.2) is 57.4 Å². The van der Waals surface area contributed by atoms with Gasteiger partial charge in [0.1, 0.15) is 11.6 Å². The number of hydrogen-bond acceptors (Lipinski definition) is 9. The van der Waals surface area contributed by atoms with Gasteiger partial charge in [0.25, 0.3) is 0 Å². The number of rotatable bonds is 7. The van der Waals surface area contributed by atoms with Gasteiger partial charge >= 0.3 is 0 Å². The van der Waals surface area contributed by atoms with Crippen molar-refractivity contribution in [3.63, 3.8) is 0 Å². The first-order valence-electron chi connectivity index (χ1n) is 11.4.